The number of rotatable bonds is 6. The lowest BCUT2D eigenvalue weighted by atomic mass is 10.1. The molecule has 2 heterocycles. The van der Waals surface area contributed by atoms with Gasteiger partial charge < -0.3 is 15.4 Å². The van der Waals surface area contributed by atoms with Gasteiger partial charge in [0.05, 0.1) is 13.1 Å². The topological polar surface area (TPSA) is 75.8 Å². The molecule has 0 saturated carbocycles. The highest BCUT2D eigenvalue weighted by Crippen LogP contribution is 2.24. The van der Waals surface area contributed by atoms with E-state index in [2.05, 4.69) is 44.0 Å². The van der Waals surface area contributed by atoms with E-state index in [4.69, 9.17) is 4.74 Å². The van der Waals surface area contributed by atoms with E-state index in [1.165, 1.54) is 5.39 Å². The summed E-state index contributed by atoms with van der Waals surface area (Å²) in [4.78, 5) is 4.24. The Morgan fingerprint density at radius 2 is 1.86 bits per heavy atom. The summed E-state index contributed by atoms with van der Waals surface area (Å²) in [5.74, 6) is 2.40. The zero-order valence-corrected chi connectivity index (χ0v) is 15.7. The number of ether oxygens (including phenoxy) is 1. The average molecular weight is 374 g/mol. The Kier molecular flexibility index (Phi) is 5.33. The van der Waals surface area contributed by atoms with E-state index in [9.17, 15) is 0 Å². The molecule has 7 heteroatoms. The third-order valence-corrected chi connectivity index (χ3v) is 4.42. The van der Waals surface area contributed by atoms with Gasteiger partial charge in [-0.05, 0) is 23.6 Å². The fourth-order valence-corrected chi connectivity index (χ4v) is 3.05. The second-order valence-electron chi connectivity index (χ2n) is 6.22. The van der Waals surface area contributed by atoms with Gasteiger partial charge in [-0.25, -0.2) is 0 Å². The highest BCUT2D eigenvalue weighted by Gasteiger charge is 2.06. The largest absolute Gasteiger partial charge is 0.491 e. The van der Waals surface area contributed by atoms with Crippen molar-refractivity contribution in [3.63, 3.8) is 0 Å². The van der Waals surface area contributed by atoms with E-state index < -0.39 is 0 Å². The summed E-state index contributed by atoms with van der Waals surface area (Å²) in [5, 5.41) is 17.2. The molecular weight excluding hydrogens is 352 g/mol. The normalized spacial score (nSPS) is 11.7. The Labute approximate surface area is 163 Å². The highest BCUT2D eigenvalue weighted by molar-refractivity contribution is 5.88. The minimum absolute atomic E-state index is 0.523. The first-order chi connectivity index (χ1) is 13.8. The molecule has 142 valence electrons. The van der Waals surface area contributed by atoms with Crippen LogP contribution in [-0.2, 0) is 6.54 Å². The Morgan fingerprint density at radius 3 is 2.79 bits per heavy atom. The lowest BCUT2D eigenvalue weighted by Crippen LogP contribution is -2.39. The summed E-state index contributed by atoms with van der Waals surface area (Å²) in [6.07, 6.45) is 1.94. The summed E-state index contributed by atoms with van der Waals surface area (Å²) in [6, 6.07) is 20.1. The van der Waals surface area contributed by atoms with Crippen molar-refractivity contribution < 1.29 is 4.74 Å². The molecule has 0 atom stereocenters. The van der Waals surface area contributed by atoms with Crippen molar-refractivity contribution in [3.05, 3.63) is 72.7 Å². The van der Waals surface area contributed by atoms with Gasteiger partial charge in [0.25, 0.3) is 0 Å². The Morgan fingerprint density at radius 1 is 1.00 bits per heavy atom. The average Bonchev–Trinajstić information content (AvgIpc) is 3.16. The van der Waals surface area contributed by atoms with Gasteiger partial charge in [-0.3, -0.25) is 9.39 Å². The van der Waals surface area contributed by atoms with Crippen LogP contribution in [0.3, 0.4) is 0 Å². The fourth-order valence-electron chi connectivity index (χ4n) is 3.05. The van der Waals surface area contributed by atoms with E-state index in [1.54, 1.807) is 7.05 Å². The van der Waals surface area contributed by atoms with E-state index in [0.717, 1.165) is 22.6 Å². The van der Waals surface area contributed by atoms with Crippen LogP contribution in [-0.4, -0.2) is 40.8 Å². The maximum Gasteiger partial charge on any atom is 0.191 e. The van der Waals surface area contributed by atoms with Gasteiger partial charge in [0.2, 0.25) is 0 Å². The molecule has 0 aliphatic heterocycles. The summed E-state index contributed by atoms with van der Waals surface area (Å²) >= 11 is 0. The second kappa shape index (κ2) is 8.39. The predicted molar refractivity (Wildman–Crippen MR) is 111 cm³/mol. The molecule has 28 heavy (non-hydrogen) atoms. The molecule has 0 saturated heterocycles. The van der Waals surface area contributed by atoms with Gasteiger partial charge in [-0.2, -0.15) is 0 Å². The number of benzene rings is 2. The molecule has 4 rings (SSSR count). The zero-order valence-electron chi connectivity index (χ0n) is 15.7. The molecule has 0 fully saturated rings. The molecule has 2 aromatic carbocycles. The molecule has 0 bridgehead atoms. The Balaban J connectivity index is 1.29. The number of aromatic nitrogens is 3. The van der Waals surface area contributed by atoms with E-state index >= 15 is 0 Å². The Bertz CT molecular complexity index is 1100. The summed E-state index contributed by atoms with van der Waals surface area (Å²) in [7, 11) is 1.74. The quantitative estimate of drug-likeness (QED) is 0.308. The minimum atomic E-state index is 0.523. The van der Waals surface area contributed by atoms with Crippen molar-refractivity contribution in [1.82, 2.24) is 25.2 Å². The van der Waals surface area contributed by atoms with Gasteiger partial charge >= 0.3 is 0 Å². The van der Waals surface area contributed by atoms with Crippen LogP contribution in [0.15, 0.2) is 71.9 Å². The SMILES string of the molecule is CN=C(NCCOc1cccc2ccccc12)NCc1nnc2ccccn12. The number of fused-ring (bicyclic) bond motifs is 2. The van der Waals surface area contributed by atoms with Crippen LogP contribution in [0.25, 0.3) is 16.4 Å². The van der Waals surface area contributed by atoms with E-state index in [1.807, 2.05) is 53.1 Å². The van der Waals surface area contributed by atoms with Crippen molar-refractivity contribution in [3.8, 4) is 5.75 Å². The van der Waals surface area contributed by atoms with Crippen LogP contribution in [0.5, 0.6) is 5.75 Å². The molecular formula is C21H22N6O. The second-order valence-corrected chi connectivity index (χ2v) is 6.22. The summed E-state index contributed by atoms with van der Waals surface area (Å²) in [5.41, 5.74) is 0.825. The number of aliphatic imine (C=N–C) groups is 1. The predicted octanol–water partition coefficient (Wildman–Crippen LogP) is 2.63. The van der Waals surface area contributed by atoms with Gasteiger partial charge in [0.15, 0.2) is 17.4 Å². The third-order valence-electron chi connectivity index (χ3n) is 4.42. The molecule has 2 N–H and O–H groups in total. The highest BCUT2D eigenvalue weighted by atomic mass is 16.5. The zero-order chi connectivity index (χ0) is 19.2. The van der Waals surface area contributed by atoms with Crippen LogP contribution in [0, 0.1) is 0 Å². The molecule has 0 spiro atoms. The lowest BCUT2D eigenvalue weighted by molar-refractivity contribution is 0.325. The summed E-state index contributed by atoms with van der Waals surface area (Å²) < 4.78 is 7.90. The van der Waals surface area contributed by atoms with Crippen molar-refractivity contribution in [1.29, 1.82) is 0 Å². The maximum absolute atomic E-state index is 5.95. The van der Waals surface area contributed by atoms with Crippen LogP contribution >= 0.6 is 0 Å². The third kappa shape index (κ3) is 3.88. The number of hydrogen-bond donors (Lipinski definition) is 2. The molecule has 7 nitrogen and oxygen atoms in total. The van der Waals surface area contributed by atoms with Crippen LogP contribution < -0.4 is 15.4 Å². The lowest BCUT2D eigenvalue weighted by Gasteiger charge is -2.13. The maximum atomic E-state index is 5.95. The van der Waals surface area contributed by atoms with Gasteiger partial charge in [0, 0.05) is 18.6 Å². The molecule has 0 radical (unpaired) electrons. The molecule has 0 unspecified atom stereocenters. The number of hydrogen-bond acceptors (Lipinski definition) is 4. The molecule has 0 amide bonds. The number of nitrogens with one attached hydrogen (secondary N) is 2. The monoisotopic (exact) mass is 374 g/mol. The van der Waals surface area contributed by atoms with Crippen LogP contribution in [0.1, 0.15) is 5.82 Å². The van der Waals surface area contributed by atoms with Crippen LogP contribution in [0.2, 0.25) is 0 Å². The number of pyridine rings is 1. The fraction of sp³-hybridized carbons (Fsp3) is 0.190. The molecule has 2 aromatic heterocycles. The smallest absolute Gasteiger partial charge is 0.191 e. The molecule has 4 aromatic rings. The first-order valence-electron chi connectivity index (χ1n) is 9.19. The van der Waals surface area contributed by atoms with Crippen molar-refractivity contribution >= 4 is 22.4 Å². The van der Waals surface area contributed by atoms with Gasteiger partial charge in [0.1, 0.15) is 12.4 Å². The van der Waals surface area contributed by atoms with Crippen molar-refractivity contribution in [2.45, 2.75) is 6.54 Å². The van der Waals surface area contributed by atoms with Crippen molar-refractivity contribution in [2.24, 2.45) is 4.99 Å². The standard InChI is InChI=1S/C21H22N6O/c1-22-21(24-15-20-26-25-19-11-4-5-13-27(19)20)23-12-14-28-18-10-6-8-16-7-2-3-9-17(16)18/h2-11,13H,12,14-15H2,1H3,(H2,22,23,24). The van der Waals surface area contributed by atoms with Crippen LogP contribution in [0.4, 0.5) is 0 Å². The van der Waals surface area contributed by atoms with E-state index in [0.29, 0.717) is 25.7 Å². The van der Waals surface area contributed by atoms with E-state index in [-0.39, 0.29) is 0 Å². The molecule has 0 aliphatic carbocycles. The number of nitrogens with zero attached hydrogens (tertiary/aromatic N) is 4. The summed E-state index contributed by atoms with van der Waals surface area (Å²) in [6.45, 7) is 1.68. The van der Waals surface area contributed by atoms with Gasteiger partial charge in [-0.1, -0.05) is 42.5 Å². The first kappa shape index (κ1) is 17.8. The van der Waals surface area contributed by atoms with Crippen molar-refractivity contribution in [2.75, 3.05) is 20.2 Å². The van der Waals surface area contributed by atoms with Gasteiger partial charge in [-0.15, -0.1) is 10.2 Å². The number of guanidine groups is 1. The first-order valence-corrected chi connectivity index (χ1v) is 9.19. The Hall–Kier alpha value is -3.61. The minimum Gasteiger partial charge on any atom is -0.491 e. The molecule has 0 aliphatic rings.